The second-order valence-electron chi connectivity index (χ2n) is 4.76. The van der Waals surface area contributed by atoms with Gasteiger partial charge in [0, 0.05) is 12.5 Å². The van der Waals surface area contributed by atoms with Crippen LogP contribution < -0.4 is 4.74 Å². The zero-order valence-corrected chi connectivity index (χ0v) is 13.6. The van der Waals surface area contributed by atoms with Gasteiger partial charge in [-0.1, -0.05) is 30.3 Å². The van der Waals surface area contributed by atoms with Gasteiger partial charge < -0.3 is 9.47 Å². The molecule has 1 aromatic carbocycles. The van der Waals surface area contributed by atoms with E-state index < -0.39 is 5.97 Å². The predicted octanol–water partition coefficient (Wildman–Crippen LogP) is 3.63. The van der Waals surface area contributed by atoms with E-state index in [9.17, 15) is 4.79 Å². The minimum Gasteiger partial charge on any atom is -0.491 e. The molecular formula is C18H18ClNO3. The number of hydrogen-bond donors (Lipinski definition) is 0. The number of carbonyl (C=O) groups is 1. The molecule has 2 rings (SSSR count). The number of carbonyl (C=O) groups excluding carboxylic acids is 1. The van der Waals surface area contributed by atoms with Gasteiger partial charge in [0.1, 0.15) is 11.4 Å². The Bertz CT molecular complexity index is 671. The van der Waals surface area contributed by atoms with E-state index in [1.165, 1.54) is 18.7 Å². The fourth-order valence-electron chi connectivity index (χ4n) is 1.96. The lowest BCUT2D eigenvalue weighted by Gasteiger charge is -2.10. The second kappa shape index (κ2) is 8.96. The van der Waals surface area contributed by atoms with E-state index in [1.807, 2.05) is 24.3 Å². The van der Waals surface area contributed by atoms with Crippen molar-refractivity contribution < 1.29 is 14.3 Å². The van der Waals surface area contributed by atoms with Crippen LogP contribution in [-0.2, 0) is 21.8 Å². The lowest BCUT2D eigenvalue weighted by molar-refractivity contribution is -0.134. The van der Waals surface area contributed by atoms with Gasteiger partial charge in [0.05, 0.1) is 25.3 Å². The van der Waals surface area contributed by atoms with E-state index in [0.717, 1.165) is 6.42 Å². The Hall–Kier alpha value is -2.33. The van der Waals surface area contributed by atoms with Gasteiger partial charge in [0.2, 0.25) is 0 Å². The van der Waals surface area contributed by atoms with Gasteiger partial charge in [-0.25, -0.2) is 9.78 Å². The first-order valence-corrected chi connectivity index (χ1v) is 7.75. The van der Waals surface area contributed by atoms with Crippen LogP contribution in [0, 0.1) is 0 Å². The first kappa shape index (κ1) is 17.0. The average molecular weight is 332 g/mol. The largest absolute Gasteiger partial charge is 0.491 e. The van der Waals surface area contributed by atoms with Crippen molar-refractivity contribution in [1.82, 2.24) is 4.98 Å². The van der Waals surface area contributed by atoms with Gasteiger partial charge in [-0.05, 0) is 23.8 Å². The van der Waals surface area contributed by atoms with Gasteiger partial charge in [0.25, 0.3) is 0 Å². The van der Waals surface area contributed by atoms with Crippen molar-refractivity contribution in [3.05, 3.63) is 65.5 Å². The van der Waals surface area contributed by atoms with Crippen LogP contribution in [0.25, 0.3) is 6.08 Å². The summed E-state index contributed by atoms with van der Waals surface area (Å²) in [5, 5.41) is 0. The van der Waals surface area contributed by atoms with E-state index in [-0.39, 0.29) is 0 Å². The highest BCUT2D eigenvalue weighted by Gasteiger charge is 2.06. The van der Waals surface area contributed by atoms with Crippen LogP contribution in [0.15, 0.2) is 48.5 Å². The third-order valence-corrected chi connectivity index (χ3v) is 3.42. The molecule has 0 aliphatic heterocycles. The van der Waals surface area contributed by atoms with Crippen LogP contribution in [-0.4, -0.2) is 24.7 Å². The molecule has 0 saturated carbocycles. The number of nitrogens with zero attached hydrogens (tertiary/aromatic N) is 1. The molecule has 4 nitrogen and oxygen atoms in total. The molecule has 23 heavy (non-hydrogen) atoms. The molecule has 0 spiro atoms. The highest BCUT2D eigenvalue weighted by atomic mass is 35.5. The van der Waals surface area contributed by atoms with E-state index in [1.54, 1.807) is 12.1 Å². The first-order chi connectivity index (χ1) is 11.2. The summed E-state index contributed by atoms with van der Waals surface area (Å²) in [4.78, 5) is 15.6. The highest BCUT2D eigenvalue weighted by Crippen LogP contribution is 2.20. The first-order valence-electron chi connectivity index (χ1n) is 7.21. The number of benzene rings is 1. The van der Waals surface area contributed by atoms with Gasteiger partial charge in [-0.15, -0.1) is 11.6 Å². The Kier molecular flexibility index (Phi) is 6.63. The molecule has 0 aliphatic carbocycles. The maximum absolute atomic E-state index is 11.2. The molecule has 0 saturated heterocycles. The molecule has 0 N–H and O–H groups in total. The fraction of sp³-hybridized carbons (Fsp3) is 0.222. The van der Waals surface area contributed by atoms with Crippen molar-refractivity contribution in [3.8, 4) is 5.75 Å². The van der Waals surface area contributed by atoms with Crippen LogP contribution in [0.4, 0.5) is 0 Å². The fourth-order valence-corrected chi connectivity index (χ4v) is 2.11. The van der Waals surface area contributed by atoms with Crippen molar-refractivity contribution in [2.24, 2.45) is 0 Å². The second-order valence-corrected chi connectivity index (χ2v) is 5.03. The van der Waals surface area contributed by atoms with Gasteiger partial charge in [-0.3, -0.25) is 0 Å². The lowest BCUT2D eigenvalue weighted by Crippen LogP contribution is -2.04. The number of ether oxygens (including phenoxy) is 2. The molecule has 0 amide bonds. The molecule has 0 bridgehead atoms. The summed E-state index contributed by atoms with van der Waals surface area (Å²) in [7, 11) is 1.33. The van der Waals surface area contributed by atoms with Crippen LogP contribution in [0.5, 0.6) is 5.75 Å². The molecule has 1 aromatic heterocycles. The molecule has 0 fully saturated rings. The third-order valence-electron chi connectivity index (χ3n) is 3.15. The summed E-state index contributed by atoms with van der Waals surface area (Å²) in [6, 6.07) is 13.7. The topological polar surface area (TPSA) is 48.4 Å². The SMILES string of the molecule is COC(=O)/C=C/c1nc(CCl)ccc1OCCc1ccccc1. The number of hydrogen-bond acceptors (Lipinski definition) is 4. The summed E-state index contributed by atoms with van der Waals surface area (Å²) < 4.78 is 10.4. The van der Waals surface area contributed by atoms with E-state index in [2.05, 4.69) is 21.9 Å². The quantitative estimate of drug-likeness (QED) is 0.441. The Labute approximate surface area is 140 Å². The molecular weight excluding hydrogens is 314 g/mol. The van der Waals surface area contributed by atoms with Crippen LogP contribution >= 0.6 is 11.6 Å². The maximum atomic E-state index is 11.2. The number of halogens is 1. The number of aromatic nitrogens is 1. The Morgan fingerprint density at radius 3 is 2.70 bits per heavy atom. The van der Waals surface area contributed by atoms with Gasteiger partial charge in [-0.2, -0.15) is 0 Å². The number of alkyl halides is 1. The monoisotopic (exact) mass is 331 g/mol. The highest BCUT2D eigenvalue weighted by molar-refractivity contribution is 6.16. The summed E-state index contributed by atoms with van der Waals surface area (Å²) in [6.07, 6.45) is 3.67. The van der Waals surface area contributed by atoms with Gasteiger partial charge in [0.15, 0.2) is 0 Å². The predicted molar refractivity (Wildman–Crippen MR) is 90.5 cm³/mol. The van der Waals surface area contributed by atoms with Crippen LogP contribution in [0.1, 0.15) is 17.0 Å². The maximum Gasteiger partial charge on any atom is 0.330 e. The molecule has 0 aliphatic rings. The summed E-state index contributed by atoms with van der Waals surface area (Å²) in [5.74, 6) is 0.455. The molecule has 1 heterocycles. The van der Waals surface area contributed by atoms with E-state index >= 15 is 0 Å². The van der Waals surface area contributed by atoms with Crippen molar-refractivity contribution in [3.63, 3.8) is 0 Å². The molecule has 120 valence electrons. The summed E-state index contributed by atoms with van der Waals surface area (Å²) in [5.41, 5.74) is 2.47. The Morgan fingerprint density at radius 2 is 2.00 bits per heavy atom. The number of rotatable bonds is 7. The smallest absolute Gasteiger partial charge is 0.330 e. The van der Waals surface area contributed by atoms with E-state index in [4.69, 9.17) is 16.3 Å². The molecule has 0 atom stereocenters. The molecule has 2 aromatic rings. The molecule has 0 unspecified atom stereocenters. The molecule has 5 heteroatoms. The van der Waals surface area contributed by atoms with E-state index in [0.29, 0.717) is 29.6 Å². The standard InChI is InChI=1S/C18H18ClNO3/c1-22-18(21)10-8-16-17(9-7-15(13-19)20-16)23-12-11-14-5-3-2-4-6-14/h2-10H,11-13H2,1H3/b10-8+. The average Bonchev–Trinajstić information content (AvgIpc) is 2.61. The number of pyridine rings is 1. The minimum absolute atomic E-state index is 0.295. The minimum atomic E-state index is -0.446. The zero-order valence-electron chi connectivity index (χ0n) is 12.9. The van der Waals surface area contributed by atoms with Crippen molar-refractivity contribution in [2.45, 2.75) is 12.3 Å². The van der Waals surface area contributed by atoms with Crippen molar-refractivity contribution in [2.75, 3.05) is 13.7 Å². The normalized spacial score (nSPS) is 10.7. The lowest BCUT2D eigenvalue weighted by atomic mass is 10.2. The number of methoxy groups -OCH3 is 1. The Balaban J connectivity index is 2.07. The number of esters is 1. The van der Waals surface area contributed by atoms with Crippen molar-refractivity contribution >= 4 is 23.6 Å². The molecule has 0 radical (unpaired) electrons. The van der Waals surface area contributed by atoms with Crippen molar-refractivity contribution in [1.29, 1.82) is 0 Å². The van der Waals surface area contributed by atoms with Crippen LogP contribution in [0.2, 0.25) is 0 Å². The Morgan fingerprint density at radius 1 is 1.22 bits per heavy atom. The van der Waals surface area contributed by atoms with Crippen LogP contribution in [0.3, 0.4) is 0 Å². The zero-order chi connectivity index (χ0) is 16.5. The van der Waals surface area contributed by atoms with Gasteiger partial charge >= 0.3 is 5.97 Å². The third kappa shape index (κ3) is 5.42. The summed E-state index contributed by atoms with van der Waals surface area (Å²) in [6.45, 7) is 0.519. The summed E-state index contributed by atoms with van der Waals surface area (Å²) >= 11 is 5.81.